The first-order chi connectivity index (χ1) is 10.6. The van der Waals surface area contributed by atoms with Crippen LogP contribution in [0.5, 0.6) is 0 Å². The summed E-state index contributed by atoms with van der Waals surface area (Å²) in [5, 5.41) is 4.32. The van der Waals surface area contributed by atoms with Crippen molar-refractivity contribution in [3.8, 4) is 0 Å². The third-order valence-electron chi connectivity index (χ3n) is 4.30. The van der Waals surface area contributed by atoms with E-state index in [1.807, 2.05) is 28.9 Å². The molecule has 3 aromatic heterocycles. The van der Waals surface area contributed by atoms with Crippen molar-refractivity contribution < 1.29 is 4.79 Å². The van der Waals surface area contributed by atoms with Gasteiger partial charge < -0.3 is 9.88 Å². The van der Waals surface area contributed by atoms with Crippen molar-refractivity contribution >= 4 is 27.5 Å². The number of fused-ring (bicyclic) bond motifs is 2. The SMILES string of the molecule is Cc1cc2[nH]c(C(=O)N3CCCc4c(cnn4C)C3)cc2s1. The van der Waals surface area contributed by atoms with Gasteiger partial charge >= 0.3 is 0 Å². The van der Waals surface area contributed by atoms with E-state index in [0.29, 0.717) is 12.2 Å². The Bertz CT molecular complexity index is 825. The summed E-state index contributed by atoms with van der Waals surface area (Å²) in [6, 6.07) is 4.07. The average molecular weight is 314 g/mol. The molecule has 0 spiro atoms. The fourth-order valence-corrected chi connectivity index (χ4v) is 4.11. The number of amides is 1. The Morgan fingerprint density at radius 3 is 3.09 bits per heavy atom. The minimum absolute atomic E-state index is 0.0813. The molecule has 5 nitrogen and oxygen atoms in total. The van der Waals surface area contributed by atoms with E-state index in [-0.39, 0.29) is 5.91 Å². The van der Waals surface area contributed by atoms with Crippen molar-refractivity contribution in [1.29, 1.82) is 0 Å². The lowest BCUT2D eigenvalue weighted by molar-refractivity contribution is 0.0741. The lowest BCUT2D eigenvalue weighted by atomic mass is 10.2. The van der Waals surface area contributed by atoms with Crippen molar-refractivity contribution in [2.75, 3.05) is 6.54 Å². The molecule has 1 amide bonds. The van der Waals surface area contributed by atoms with E-state index >= 15 is 0 Å². The average Bonchev–Trinajstić information content (AvgIpc) is 3.06. The summed E-state index contributed by atoms with van der Waals surface area (Å²) in [7, 11) is 1.97. The number of nitrogens with zero attached hydrogens (tertiary/aromatic N) is 3. The largest absolute Gasteiger partial charge is 0.350 e. The Hall–Kier alpha value is -2.08. The van der Waals surface area contributed by atoms with E-state index in [1.54, 1.807) is 11.3 Å². The van der Waals surface area contributed by atoms with Crippen molar-refractivity contribution in [3.63, 3.8) is 0 Å². The molecule has 0 atom stereocenters. The summed E-state index contributed by atoms with van der Waals surface area (Å²) in [5.74, 6) is 0.0813. The molecule has 1 N–H and O–H groups in total. The Labute approximate surface area is 132 Å². The third-order valence-corrected chi connectivity index (χ3v) is 5.29. The standard InChI is InChI=1S/C16H18N4OS/c1-10-6-12-15(22-10)7-13(18-12)16(21)20-5-3-4-14-11(9-20)8-17-19(14)2/h6-8,18H,3-5,9H2,1-2H3. The molecule has 0 saturated heterocycles. The summed E-state index contributed by atoms with van der Waals surface area (Å²) in [6.45, 7) is 3.52. The maximum Gasteiger partial charge on any atom is 0.270 e. The van der Waals surface area contributed by atoms with E-state index in [9.17, 15) is 4.79 Å². The van der Waals surface area contributed by atoms with Crippen LogP contribution in [0, 0.1) is 6.92 Å². The van der Waals surface area contributed by atoms with Crippen LogP contribution >= 0.6 is 11.3 Å². The number of H-pyrrole nitrogens is 1. The van der Waals surface area contributed by atoms with Gasteiger partial charge in [0, 0.05) is 36.3 Å². The predicted octanol–water partition coefficient (Wildman–Crippen LogP) is 2.86. The summed E-state index contributed by atoms with van der Waals surface area (Å²) in [5.41, 5.74) is 4.16. The molecule has 0 aromatic carbocycles. The second-order valence-corrected chi connectivity index (χ2v) is 7.18. The molecule has 1 aliphatic rings. The summed E-state index contributed by atoms with van der Waals surface area (Å²) in [6.07, 6.45) is 3.85. The second kappa shape index (κ2) is 4.98. The lowest BCUT2D eigenvalue weighted by Crippen LogP contribution is -2.30. The Morgan fingerprint density at radius 2 is 2.27 bits per heavy atom. The summed E-state index contributed by atoms with van der Waals surface area (Å²) >= 11 is 1.72. The van der Waals surface area contributed by atoms with Crippen molar-refractivity contribution in [1.82, 2.24) is 19.7 Å². The molecule has 3 aromatic rings. The maximum absolute atomic E-state index is 12.8. The second-order valence-electron chi connectivity index (χ2n) is 5.89. The van der Waals surface area contributed by atoms with E-state index in [1.165, 1.54) is 10.6 Å². The van der Waals surface area contributed by atoms with Gasteiger partial charge in [-0.25, -0.2) is 0 Å². The highest BCUT2D eigenvalue weighted by Crippen LogP contribution is 2.27. The first kappa shape index (κ1) is 13.6. The number of carbonyl (C=O) groups excluding carboxylic acids is 1. The van der Waals surface area contributed by atoms with E-state index in [2.05, 4.69) is 23.1 Å². The van der Waals surface area contributed by atoms with Crippen LogP contribution in [0.2, 0.25) is 0 Å². The zero-order valence-electron chi connectivity index (χ0n) is 12.7. The smallest absolute Gasteiger partial charge is 0.270 e. The number of hydrogen-bond donors (Lipinski definition) is 1. The van der Waals surface area contributed by atoms with E-state index in [0.717, 1.165) is 35.2 Å². The molecule has 0 fully saturated rings. The molecule has 4 heterocycles. The molecule has 0 aliphatic carbocycles. The highest BCUT2D eigenvalue weighted by Gasteiger charge is 2.23. The van der Waals surface area contributed by atoms with Crippen LogP contribution in [0.1, 0.15) is 33.0 Å². The van der Waals surface area contributed by atoms with Crippen LogP contribution in [0.25, 0.3) is 10.2 Å². The Morgan fingerprint density at radius 1 is 1.41 bits per heavy atom. The zero-order valence-corrected chi connectivity index (χ0v) is 13.5. The molecule has 6 heteroatoms. The number of carbonyl (C=O) groups is 1. The minimum atomic E-state index is 0.0813. The van der Waals surface area contributed by atoms with Gasteiger partial charge in [0.15, 0.2) is 0 Å². The maximum atomic E-state index is 12.8. The summed E-state index contributed by atoms with van der Waals surface area (Å²) < 4.78 is 3.08. The zero-order chi connectivity index (χ0) is 15.3. The number of aromatic amines is 1. The summed E-state index contributed by atoms with van der Waals surface area (Å²) in [4.78, 5) is 19.2. The van der Waals surface area contributed by atoms with Gasteiger partial charge in [0.25, 0.3) is 5.91 Å². The number of nitrogens with one attached hydrogen (secondary N) is 1. The molecular formula is C16H18N4OS. The third kappa shape index (κ3) is 2.14. The first-order valence-corrected chi connectivity index (χ1v) is 8.31. The Balaban J connectivity index is 1.63. The van der Waals surface area contributed by atoms with E-state index < -0.39 is 0 Å². The van der Waals surface area contributed by atoms with Crippen LogP contribution in [0.15, 0.2) is 18.3 Å². The van der Waals surface area contributed by atoms with Gasteiger partial charge in [-0.2, -0.15) is 5.10 Å². The molecular weight excluding hydrogens is 296 g/mol. The van der Waals surface area contributed by atoms with Crippen molar-refractivity contribution in [2.24, 2.45) is 7.05 Å². The van der Waals surface area contributed by atoms with Gasteiger partial charge in [-0.3, -0.25) is 9.48 Å². The molecule has 114 valence electrons. The first-order valence-electron chi connectivity index (χ1n) is 7.50. The highest BCUT2D eigenvalue weighted by atomic mass is 32.1. The molecule has 0 bridgehead atoms. The molecule has 1 aliphatic heterocycles. The molecule has 22 heavy (non-hydrogen) atoms. The molecule has 4 rings (SSSR count). The quantitative estimate of drug-likeness (QED) is 0.751. The molecule has 0 saturated carbocycles. The predicted molar refractivity (Wildman–Crippen MR) is 87.2 cm³/mol. The number of thiophene rings is 1. The number of aryl methyl sites for hydroxylation is 2. The van der Waals surface area contributed by atoms with Crippen LogP contribution in [0.3, 0.4) is 0 Å². The Kier molecular flexibility index (Phi) is 3.07. The van der Waals surface area contributed by atoms with Gasteiger partial charge in [-0.1, -0.05) is 0 Å². The van der Waals surface area contributed by atoms with Crippen LogP contribution in [0.4, 0.5) is 0 Å². The number of aromatic nitrogens is 3. The fourth-order valence-electron chi connectivity index (χ4n) is 3.19. The lowest BCUT2D eigenvalue weighted by Gasteiger charge is -2.19. The number of hydrogen-bond acceptors (Lipinski definition) is 3. The topological polar surface area (TPSA) is 53.9 Å². The van der Waals surface area contributed by atoms with E-state index in [4.69, 9.17) is 0 Å². The van der Waals surface area contributed by atoms with Gasteiger partial charge in [-0.05, 0) is 31.9 Å². The monoisotopic (exact) mass is 314 g/mol. The van der Waals surface area contributed by atoms with Crippen LogP contribution < -0.4 is 0 Å². The highest BCUT2D eigenvalue weighted by molar-refractivity contribution is 7.19. The minimum Gasteiger partial charge on any atom is -0.350 e. The number of rotatable bonds is 1. The van der Waals surface area contributed by atoms with Gasteiger partial charge in [0.05, 0.1) is 16.4 Å². The fraction of sp³-hybridized carbons (Fsp3) is 0.375. The van der Waals surface area contributed by atoms with Crippen molar-refractivity contribution in [2.45, 2.75) is 26.3 Å². The van der Waals surface area contributed by atoms with Gasteiger partial charge in [-0.15, -0.1) is 11.3 Å². The van der Waals surface area contributed by atoms with Crippen LogP contribution in [-0.2, 0) is 20.0 Å². The van der Waals surface area contributed by atoms with Gasteiger partial charge in [0.1, 0.15) is 5.69 Å². The molecule has 0 unspecified atom stereocenters. The van der Waals surface area contributed by atoms with Crippen molar-refractivity contribution in [3.05, 3.63) is 40.2 Å². The van der Waals surface area contributed by atoms with Gasteiger partial charge in [0.2, 0.25) is 0 Å². The van der Waals surface area contributed by atoms with Crippen LogP contribution in [-0.4, -0.2) is 32.1 Å². The normalized spacial score (nSPS) is 15.1. The molecule has 0 radical (unpaired) electrons.